The Bertz CT molecular complexity index is 516. The lowest BCUT2D eigenvalue weighted by molar-refractivity contribution is -0.346. The first-order chi connectivity index (χ1) is 14.3. The van der Waals surface area contributed by atoms with Crippen molar-refractivity contribution in [2.45, 2.75) is 82.7 Å². The Morgan fingerprint density at radius 3 is 2.47 bits per heavy atom. The van der Waals surface area contributed by atoms with E-state index in [0.29, 0.717) is 25.3 Å². The smallest absolute Gasteiger partial charge is 0.344 e. The second kappa shape index (κ2) is 11.1. The minimum Gasteiger partial charge on any atom is -0.344 e. The van der Waals surface area contributed by atoms with Gasteiger partial charge in [-0.2, -0.15) is 0 Å². The topological polar surface area (TPSA) is 44.8 Å². The van der Waals surface area contributed by atoms with E-state index in [-0.39, 0.29) is 17.9 Å². The Morgan fingerprint density at radius 1 is 1.10 bits per heavy atom. The first-order valence-corrected chi connectivity index (χ1v) is 11.8. The van der Waals surface area contributed by atoms with Crippen LogP contribution in [0.1, 0.15) is 64.2 Å². The molecule has 30 heavy (non-hydrogen) atoms. The summed E-state index contributed by atoms with van der Waals surface area (Å²) in [6, 6.07) is -0.0509. The molecule has 2 aliphatic carbocycles. The van der Waals surface area contributed by atoms with Crippen LogP contribution in [-0.4, -0.2) is 74.0 Å². The van der Waals surface area contributed by atoms with Gasteiger partial charge in [0.05, 0.1) is 12.1 Å². The van der Waals surface area contributed by atoms with E-state index in [1.54, 1.807) is 0 Å². The Labute approximate surface area is 178 Å². The third kappa shape index (κ3) is 7.09. The van der Waals surface area contributed by atoms with Crippen molar-refractivity contribution in [3.8, 4) is 0 Å². The SMILES string of the molecule is CN(CCC1CCCC(OC(F)(F)F)C1)C(=O)C(C1CCCCC1)N1CCNCC1. The number of piperazine rings is 1. The van der Waals surface area contributed by atoms with E-state index in [1.165, 1.54) is 19.3 Å². The predicted molar refractivity (Wildman–Crippen MR) is 110 cm³/mol. The van der Waals surface area contributed by atoms with Gasteiger partial charge in [0.2, 0.25) is 5.91 Å². The van der Waals surface area contributed by atoms with Crippen molar-refractivity contribution >= 4 is 5.91 Å². The van der Waals surface area contributed by atoms with E-state index in [0.717, 1.165) is 58.3 Å². The minimum absolute atomic E-state index is 0.0509. The molecule has 0 radical (unpaired) electrons. The summed E-state index contributed by atoms with van der Waals surface area (Å²) in [6.07, 6.45) is 3.94. The molecule has 1 amide bonds. The molecular formula is C22H38F3N3O2. The van der Waals surface area contributed by atoms with Crippen LogP contribution < -0.4 is 5.32 Å². The maximum Gasteiger partial charge on any atom is 0.522 e. The number of nitrogens with one attached hydrogen (secondary N) is 1. The van der Waals surface area contributed by atoms with Crippen molar-refractivity contribution in [1.82, 2.24) is 15.1 Å². The standard InChI is InChI=1S/C22H38F3N3O2/c1-27(13-10-17-6-5-9-19(16-17)30-22(23,24)25)21(29)20(18-7-3-2-4-8-18)28-14-11-26-12-15-28/h17-20,26H,2-16H2,1H3. The summed E-state index contributed by atoms with van der Waals surface area (Å²) in [7, 11) is 1.87. The summed E-state index contributed by atoms with van der Waals surface area (Å²) >= 11 is 0. The van der Waals surface area contributed by atoms with E-state index in [1.807, 2.05) is 11.9 Å². The molecule has 0 aromatic carbocycles. The Balaban J connectivity index is 1.54. The van der Waals surface area contributed by atoms with Gasteiger partial charge < -0.3 is 10.2 Å². The maximum absolute atomic E-state index is 13.5. The highest BCUT2D eigenvalue weighted by Crippen LogP contribution is 2.33. The van der Waals surface area contributed by atoms with Crippen LogP contribution in [0.25, 0.3) is 0 Å². The molecule has 0 bridgehead atoms. The molecule has 0 spiro atoms. The molecule has 3 unspecified atom stereocenters. The number of carbonyl (C=O) groups excluding carboxylic acids is 1. The summed E-state index contributed by atoms with van der Waals surface area (Å²) in [5, 5.41) is 3.37. The van der Waals surface area contributed by atoms with Crippen LogP contribution in [0, 0.1) is 11.8 Å². The van der Waals surface area contributed by atoms with Gasteiger partial charge in [-0.1, -0.05) is 32.1 Å². The molecule has 174 valence electrons. The minimum atomic E-state index is -4.56. The number of amides is 1. The fourth-order valence-corrected chi connectivity index (χ4v) is 5.58. The lowest BCUT2D eigenvalue weighted by Crippen LogP contribution is -2.57. The second-order valence-electron chi connectivity index (χ2n) is 9.40. The number of halogens is 3. The molecule has 1 aliphatic heterocycles. The van der Waals surface area contributed by atoms with E-state index >= 15 is 0 Å². The molecule has 1 saturated heterocycles. The zero-order valence-corrected chi connectivity index (χ0v) is 18.3. The molecule has 0 aromatic rings. The lowest BCUT2D eigenvalue weighted by Gasteiger charge is -2.41. The third-order valence-electron chi connectivity index (χ3n) is 7.18. The Morgan fingerprint density at radius 2 is 1.80 bits per heavy atom. The van der Waals surface area contributed by atoms with Crippen LogP contribution in [0.2, 0.25) is 0 Å². The quantitative estimate of drug-likeness (QED) is 0.664. The fourth-order valence-electron chi connectivity index (χ4n) is 5.58. The summed E-state index contributed by atoms with van der Waals surface area (Å²) in [5.74, 6) is 0.808. The molecule has 1 N–H and O–H groups in total. The van der Waals surface area contributed by atoms with Gasteiger partial charge in [-0.3, -0.25) is 14.4 Å². The van der Waals surface area contributed by atoms with Crippen LogP contribution >= 0.6 is 0 Å². The normalized spacial score (nSPS) is 28.3. The number of hydrogen-bond donors (Lipinski definition) is 1. The van der Waals surface area contributed by atoms with Crippen molar-refractivity contribution < 1.29 is 22.7 Å². The van der Waals surface area contributed by atoms with Gasteiger partial charge in [0.1, 0.15) is 0 Å². The van der Waals surface area contributed by atoms with Crippen molar-refractivity contribution in [2.75, 3.05) is 39.8 Å². The number of rotatable bonds is 7. The number of carbonyl (C=O) groups is 1. The highest BCUT2D eigenvalue weighted by molar-refractivity contribution is 5.82. The van der Waals surface area contributed by atoms with E-state index < -0.39 is 12.5 Å². The predicted octanol–water partition coefficient (Wildman–Crippen LogP) is 3.78. The highest BCUT2D eigenvalue weighted by atomic mass is 19.4. The van der Waals surface area contributed by atoms with Gasteiger partial charge >= 0.3 is 6.36 Å². The van der Waals surface area contributed by atoms with E-state index in [9.17, 15) is 18.0 Å². The zero-order valence-electron chi connectivity index (χ0n) is 18.3. The molecule has 3 fully saturated rings. The van der Waals surface area contributed by atoms with Crippen LogP contribution in [-0.2, 0) is 9.53 Å². The van der Waals surface area contributed by atoms with Crippen molar-refractivity contribution in [3.05, 3.63) is 0 Å². The van der Waals surface area contributed by atoms with Gasteiger partial charge in [-0.05, 0) is 43.9 Å². The van der Waals surface area contributed by atoms with Crippen molar-refractivity contribution in [3.63, 3.8) is 0 Å². The molecule has 0 aromatic heterocycles. The summed E-state index contributed by atoms with van der Waals surface area (Å²) in [4.78, 5) is 17.7. The first-order valence-electron chi connectivity index (χ1n) is 11.8. The van der Waals surface area contributed by atoms with E-state index in [4.69, 9.17) is 0 Å². The van der Waals surface area contributed by atoms with Gasteiger partial charge in [-0.15, -0.1) is 13.2 Å². The van der Waals surface area contributed by atoms with E-state index in [2.05, 4.69) is 15.0 Å². The fraction of sp³-hybridized carbons (Fsp3) is 0.955. The number of hydrogen-bond acceptors (Lipinski definition) is 4. The summed E-state index contributed by atoms with van der Waals surface area (Å²) in [5.41, 5.74) is 0. The lowest BCUT2D eigenvalue weighted by atomic mass is 9.82. The van der Waals surface area contributed by atoms with Crippen molar-refractivity contribution in [2.24, 2.45) is 11.8 Å². The molecule has 5 nitrogen and oxygen atoms in total. The third-order valence-corrected chi connectivity index (χ3v) is 7.18. The van der Waals surface area contributed by atoms with Crippen LogP contribution in [0.5, 0.6) is 0 Å². The number of alkyl halides is 3. The number of likely N-dealkylation sites (N-methyl/N-ethyl adjacent to an activating group) is 1. The monoisotopic (exact) mass is 433 g/mol. The Kier molecular flexibility index (Phi) is 8.83. The van der Waals surface area contributed by atoms with Gasteiger partial charge in [0.25, 0.3) is 0 Å². The van der Waals surface area contributed by atoms with Gasteiger partial charge in [0.15, 0.2) is 0 Å². The zero-order chi connectivity index (χ0) is 21.6. The molecule has 2 saturated carbocycles. The van der Waals surface area contributed by atoms with Crippen LogP contribution in [0.4, 0.5) is 13.2 Å². The molecule has 1 heterocycles. The maximum atomic E-state index is 13.5. The van der Waals surface area contributed by atoms with Gasteiger partial charge in [0, 0.05) is 39.8 Å². The molecule has 3 atom stereocenters. The van der Waals surface area contributed by atoms with Crippen LogP contribution in [0.15, 0.2) is 0 Å². The van der Waals surface area contributed by atoms with Gasteiger partial charge in [-0.25, -0.2) is 0 Å². The number of ether oxygens (including phenoxy) is 1. The first kappa shape index (κ1) is 23.8. The summed E-state index contributed by atoms with van der Waals surface area (Å²) in [6.45, 7) is 4.25. The molecule has 3 rings (SSSR count). The highest BCUT2D eigenvalue weighted by Gasteiger charge is 2.38. The second-order valence-corrected chi connectivity index (χ2v) is 9.40. The average molecular weight is 434 g/mol. The number of nitrogens with zero attached hydrogens (tertiary/aromatic N) is 2. The Hall–Kier alpha value is -0.860. The molecule has 8 heteroatoms. The molecule has 3 aliphatic rings. The average Bonchev–Trinajstić information content (AvgIpc) is 2.73. The largest absolute Gasteiger partial charge is 0.522 e. The van der Waals surface area contributed by atoms with Crippen LogP contribution in [0.3, 0.4) is 0 Å². The molecular weight excluding hydrogens is 395 g/mol. The van der Waals surface area contributed by atoms with Crippen molar-refractivity contribution in [1.29, 1.82) is 0 Å². The summed E-state index contributed by atoms with van der Waals surface area (Å²) < 4.78 is 41.9.